The second kappa shape index (κ2) is 8.37. The van der Waals surface area contributed by atoms with E-state index in [-0.39, 0.29) is 23.8 Å². The van der Waals surface area contributed by atoms with Gasteiger partial charge in [-0.05, 0) is 48.1 Å². The molecule has 3 rings (SSSR count). The van der Waals surface area contributed by atoms with Crippen molar-refractivity contribution < 1.29 is 18.3 Å². The molecule has 2 aromatic rings. The number of amides is 1. The molecule has 2 aromatic carbocycles. The van der Waals surface area contributed by atoms with Gasteiger partial charge in [0.05, 0.1) is 4.90 Å². The first kappa shape index (κ1) is 19.8. The van der Waals surface area contributed by atoms with Gasteiger partial charge in [-0.15, -0.1) is 0 Å². The minimum atomic E-state index is -3.88. The standard InChI is InChI=1S/C20H26N2O4S/c1-15-8-11-22(12-9-15)20(24)19(10-13-23)21-27(25,26)18-7-6-16-4-2-3-5-17(16)14-18/h2-7,14-15,19,21,23H,8-13H2,1H3/t19-/m0/s1. The van der Waals surface area contributed by atoms with E-state index in [4.69, 9.17) is 0 Å². The van der Waals surface area contributed by atoms with Gasteiger partial charge in [0.2, 0.25) is 15.9 Å². The fourth-order valence-corrected chi connectivity index (χ4v) is 4.66. The summed E-state index contributed by atoms with van der Waals surface area (Å²) in [4.78, 5) is 14.6. The fourth-order valence-electron chi connectivity index (χ4n) is 3.40. The Bertz CT molecular complexity index is 905. The van der Waals surface area contributed by atoms with Crippen molar-refractivity contribution in [3.05, 3.63) is 42.5 Å². The Morgan fingerprint density at radius 2 is 1.85 bits per heavy atom. The van der Waals surface area contributed by atoms with Crippen molar-refractivity contribution in [1.29, 1.82) is 0 Å². The van der Waals surface area contributed by atoms with Gasteiger partial charge in [0.25, 0.3) is 0 Å². The van der Waals surface area contributed by atoms with E-state index in [9.17, 15) is 18.3 Å². The zero-order valence-corrected chi connectivity index (χ0v) is 16.3. The predicted octanol–water partition coefficient (Wildman–Crippen LogP) is 2.13. The number of likely N-dealkylation sites (tertiary alicyclic amines) is 1. The van der Waals surface area contributed by atoms with Crippen LogP contribution in [0.25, 0.3) is 10.8 Å². The highest BCUT2D eigenvalue weighted by Crippen LogP contribution is 2.21. The molecule has 1 aliphatic rings. The third kappa shape index (κ3) is 4.66. The third-order valence-electron chi connectivity index (χ3n) is 5.14. The van der Waals surface area contributed by atoms with E-state index in [1.54, 1.807) is 17.0 Å². The Kier molecular flexibility index (Phi) is 6.14. The molecule has 0 aromatic heterocycles. The molecule has 146 valence electrons. The van der Waals surface area contributed by atoms with Crippen molar-refractivity contribution in [2.24, 2.45) is 5.92 Å². The zero-order valence-electron chi connectivity index (χ0n) is 15.5. The Hall–Kier alpha value is -1.96. The van der Waals surface area contributed by atoms with Crippen molar-refractivity contribution in [3.8, 4) is 0 Å². The number of carbonyl (C=O) groups excluding carboxylic acids is 1. The van der Waals surface area contributed by atoms with Crippen LogP contribution < -0.4 is 4.72 Å². The molecule has 0 radical (unpaired) electrons. The topological polar surface area (TPSA) is 86.7 Å². The molecule has 1 fully saturated rings. The Balaban J connectivity index is 1.80. The normalized spacial score (nSPS) is 17.2. The number of carbonyl (C=O) groups is 1. The van der Waals surface area contributed by atoms with Gasteiger partial charge >= 0.3 is 0 Å². The molecular formula is C20H26N2O4S. The third-order valence-corrected chi connectivity index (χ3v) is 6.61. The lowest BCUT2D eigenvalue weighted by atomic mass is 9.98. The van der Waals surface area contributed by atoms with Crippen molar-refractivity contribution in [2.45, 2.75) is 37.1 Å². The minimum absolute atomic E-state index is 0.0533. The molecule has 1 aliphatic heterocycles. The number of hydrogen-bond donors (Lipinski definition) is 2. The molecule has 0 unspecified atom stereocenters. The van der Waals surface area contributed by atoms with Gasteiger partial charge in [0.1, 0.15) is 6.04 Å². The highest BCUT2D eigenvalue weighted by atomic mass is 32.2. The summed E-state index contributed by atoms with van der Waals surface area (Å²) in [6, 6.07) is 11.4. The van der Waals surface area contributed by atoms with E-state index in [0.29, 0.717) is 19.0 Å². The summed E-state index contributed by atoms with van der Waals surface area (Å²) >= 11 is 0. The molecular weight excluding hydrogens is 364 g/mol. The van der Waals surface area contributed by atoms with Crippen LogP contribution in [0.15, 0.2) is 47.4 Å². The molecule has 0 saturated carbocycles. The first-order chi connectivity index (χ1) is 12.9. The van der Waals surface area contributed by atoms with Crippen LogP contribution in [0.5, 0.6) is 0 Å². The lowest BCUT2D eigenvalue weighted by Crippen LogP contribution is -2.50. The predicted molar refractivity (Wildman–Crippen MR) is 105 cm³/mol. The summed E-state index contributed by atoms with van der Waals surface area (Å²) in [5.74, 6) is 0.306. The highest BCUT2D eigenvalue weighted by molar-refractivity contribution is 7.89. The second-order valence-corrected chi connectivity index (χ2v) is 8.92. The Labute approximate surface area is 160 Å². The van der Waals surface area contributed by atoms with E-state index in [0.717, 1.165) is 23.6 Å². The molecule has 0 bridgehead atoms. The maximum absolute atomic E-state index is 12.8. The number of aliphatic hydroxyl groups excluding tert-OH is 1. The summed E-state index contributed by atoms with van der Waals surface area (Å²) in [5, 5.41) is 11.1. The summed E-state index contributed by atoms with van der Waals surface area (Å²) < 4.78 is 28.2. The van der Waals surface area contributed by atoms with Crippen LogP contribution in [0.3, 0.4) is 0 Å². The summed E-state index contributed by atoms with van der Waals surface area (Å²) in [6.07, 6.45) is 1.88. The van der Waals surface area contributed by atoms with Gasteiger partial charge < -0.3 is 10.0 Å². The lowest BCUT2D eigenvalue weighted by Gasteiger charge is -2.33. The van der Waals surface area contributed by atoms with Crippen molar-refractivity contribution in [2.75, 3.05) is 19.7 Å². The van der Waals surface area contributed by atoms with Crippen LogP contribution in [0, 0.1) is 5.92 Å². The lowest BCUT2D eigenvalue weighted by molar-refractivity contribution is -0.134. The van der Waals surface area contributed by atoms with Crippen LogP contribution in [0.2, 0.25) is 0 Å². The molecule has 1 amide bonds. The molecule has 1 heterocycles. The largest absolute Gasteiger partial charge is 0.396 e. The minimum Gasteiger partial charge on any atom is -0.396 e. The van der Waals surface area contributed by atoms with E-state index in [1.165, 1.54) is 6.07 Å². The van der Waals surface area contributed by atoms with Gasteiger partial charge in [-0.2, -0.15) is 4.72 Å². The molecule has 2 N–H and O–H groups in total. The smallest absolute Gasteiger partial charge is 0.241 e. The molecule has 7 heteroatoms. The SMILES string of the molecule is CC1CCN(C(=O)[C@H](CCO)NS(=O)(=O)c2ccc3ccccc3c2)CC1. The average molecular weight is 391 g/mol. The van der Waals surface area contributed by atoms with E-state index in [1.807, 2.05) is 24.3 Å². The number of rotatable bonds is 6. The van der Waals surface area contributed by atoms with Gasteiger partial charge in [-0.25, -0.2) is 8.42 Å². The quantitative estimate of drug-likeness (QED) is 0.791. The Morgan fingerprint density at radius 1 is 1.19 bits per heavy atom. The maximum atomic E-state index is 12.8. The number of fused-ring (bicyclic) bond motifs is 1. The van der Waals surface area contributed by atoms with Gasteiger partial charge in [0, 0.05) is 19.7 Å². The number of hydrogen-bond acceptors (Lipinski definition) is 4. The first-order valence-corrected chi connectivity index (χ1v) is 10.8. The van der Waals surface area contributed by atoms with Crippen LogP contribution >= 0.6 is 0 Å². The van der Waals surface area contributed by atoms with Gasteiger partial charge in [0.15, 0.2) is 0 Å². The Morgan fingerprint density at radius 3 is 2.52 bits per heavy atom. The zero-order chi connectivity index (χ0) is 19.4. The van der Waals surface area contributed by atoms with Gasteiger partial charge in [-0.1, -0.05) is 37.3 Å². The van der Waals surface area contributed by atoms with Crippen LogP contribution in [0.4, 0.5) is 0 Å². The monoisotopic (exact) mass is 390 g/mol. The number of piperidine rings is 1. The van der Waals surface area contributed by atoms with E-state index in [2.05, 4.69) is 11.6 Å². The van der Waals surface area contributed by atoms with Gasteiger partial charge in [-0.3, -0.25) is 4.79 Å². The van der Waals surface area contributed by atoms with Crippen LogP contribution in [-0.4, -0.2) is 50.1 Å². The number of nitrogens with one attached hydrogen (secondary N) is 1. The molecule has 1 saturated heterocycles. The summed E-state index contributed by atoms with van der Waals surface area (Å²) in [7, 11) is -3.88. The molecule has 0 spiro atoms. The second-order valence-electron chi connectivity index (χ2n) is 7.20. The maximum Gasteiger partial charge on any atom is 0.241 e. The number of benzene rings is 2. The van der Waals surface area contributed by atoms with Crippen molar-refractivity contribution >= 4 is 26.7 Å². The van der Waals surface area contributed by atoms with E-state index >= 15 is 0 Å². The molecule has 6 nitrogen and oxygen atoms in total. The number of aliphatic hydroxyl groups is 1. The fraction of sp³-hybridized carbons (Fsp3) is 0.450. The molecule has 0 aliphatic carbocycles. The van der Waals surface area contributed by atoms with Crippen LogP contribution in [0.1, 0.15) is 26.2 Å². The van der Waals surface area contributed by atoms with Crippen molar-refractivity contribution in [1.82, 2.24) is 9.62 Å². The highest BCUT2D eigenvalue weighted by Gasteiger charge is 2.30. The average Bonchev–Trinajstić information content (AvgIpc) is 2.67. The van der Waals surface area contributed by atoms with E-state index < -0.39 is 16.1 Å². The van der Waals surface area contributed by atoms with Crippen molar-refractivity contribution in [3.63, 3.8) is 0 Å². The first-order valence-electron chi connectivity index (χ1n) is 9.31. The molecule has 27 heavy (non-hydrogen) atoms. The summed E-state index contributed by atoms with van der Waals surface area (Å²) in [6.45, 7) is 3.13. The summed E-state index contributed by atoms with van der Waals surface area (Å²) in [5.41, 5.74) is 0. The number of nitrogens with zero attached hydrogens (tertiary/aromatic N) is 1. The molecule has 1 atom stereocenters. The van der Waals surface area contributed by atoms with Crippen LogP contribution in [-0.2, 0) is 14.8 Å². The number of sulfonamides is 1.